The Morgan fingerprint density at radius 1 is 1.47 bits per heavy atom. The number of nitrogens with zero attached hydrogens (tertiary/aromatic N) is 2. The van der Waals surface area contributed by atoms with E-state index in [2.05, 4.69) is 9.97 Å². The Kier molecular flexibility index (Phi) is 3.76. The summed E-state index contributed by atoms with van der Waals surface area (Å²) in [5.74, 6) is 0.538. The highest BCUT2D eigenvalue weighted by atomic mass is 32.2. The Morgan fingerprint density at radius 3 is 2.60 bits per heavy atom. The molecule has 0 saturated carbocycles. The van der Waals surface area contributed by atoms with Crippen LogP contribution in [0.5, 0.6) is 0 Å². The van der Waals surface area contributed by atoms with Crippen LogP contribution in [0.15, 0.2) is 11.2 Å². The van der Waals surface area contributed by atoms with Gasteiger partial charge < -0.3 is 5.73 Å². The molecule has 1 rings (SSSR count). The van der Waals surface area contributed by atoms with E-state index in [4.69, 9.17) is 5.73 Å². The van der Waals surface area contributed by atoms with Crippen molar-refractivity contribution in [3.05, 3.63) is 17.6 Å². The summed E-state index contributed by atoms with van der Waals surface area (Å²) in [7, 11) is -3.29. The predicted molar refractivity (Wildman–Crippen MR) is 57.3 cm³/mol. The average molecular weight is 229 g/mol. The van der Waals surface area contributed by atoms with Crippen LogP contribution in [0.4, 0.5) is 0 Å². The zero-order valence-electron chi connectivity index (χ0n) is 8.90. The summed E-state index contributed by atoms with van der Waals surface area (Å²) in [5, 5.41) is 0.111. The molecule has 2 N–H and O–H groups in total. The summed E-state index contributed by atoms with van der Waals surface area (Å²) in [6, 6.07) is 0. The van der Waals surface area contributed by atoms with E-state index >= 15 is 0 Å². The Bertz CT molecular complexity index is 443. The fourth-order valence-corrected chi connectivity index (χ4v) is 2.15. The highest BCUT2D eigenvalue weighted by molar-refractivity contribution is 7.90. The van der Waals surface area contributed by atoms with Crippen molar-refractivity contribution in [2.24, 2.45) is 5.73 Å². The largest absolute Gasteiger partial charge is 0.330 e. The maximum atomic E-state index is 11.5. The second kappa shape index (κ2) is 4.67. The molecule has 0 saturated heterocycles. The molecule has 6 heteroatoms. The second-order valence-electron chi connectivity index (χ2n) is 3.28. The van der Waals surface area contributed by atoms with Crippen molar-refractivity contribution in [3.8, 4) is 0 Å². The maximum Gasteiger partial charge on any atom is 0.193 e. The second-order valence-corrected chi connectivity index (χ2v) is 5.21. The summed E-state index contributed by atoms with van der Waals surface area (Å²) < 4.78 is 22.9. The molecule has 0 aromatic carbocycles. The maximum absolute atomic E-state index is 11.5. The van der Waals surface area contributed by atoms with Gasteiger partial charge in [0.2, 0.25) is 0 Å². The first-order valence-corrected chi connectivity index (χ1v) is 6.63. The molecule has 0 fully saturated rings. The van der Waals surface area contributed by atoms with Gasteiger partial charge in [0.15, 0.2) is 14.9 Å². The normalized spacial score (nSPS) is 11.7. The van der Waals surface area contributed by atoms with Crippen LogP contribution in [0.1, 0.15) is 18.3 Å². The number of hydrogen-bond acceptors (Lipinski definition) is 5. The molecule has 0 spiro atoms. The van der Waals surface area contributed by atoms with Crippen LogP contribution < -0.4 is 5.73 Å². The number of aryl methyl sites for hydroxylation is 1. The Morgan fingerprint density at radius 2 is 2.13 bits per heavy atom. The van der Waals surface area contributed by atoms with Gasteiger partial charge in [-0.25, -0.2) is 18.4 Å². The van der Waals surface area contributed by atoms with Crippen LogP contribution in [0, 0.1) is 0 Å². The number of aromatic nitrogens is 2. The van der Waals surface area contributed by atoms with Gasteiger partial charge in [-0.1, -0.05) is 6.92 Å². The quantitative estimate of drug-likeness (QED) is 0.731. The first kappa shape index (κ1) is 12.1. The molecule has 0 aliphatic heterocycles. The molecule has 1 aromatic heterocycles. The van der Waals surface area contributed by atoms with Crippen LogP contribution in [0.2, 0.25) is 0 Å². The van der Waals surface area contributed by atoms with E-state index in [-0.39, 0.29) is 5.03 Å². The number of hydrogen-bond donors (Lipinski definition) is 1. The van der Waals surface area contributed by atoms with E-state index in [1.54, 1.807) is 6.20 Å². The van der Waals surface area contributed by atoms with Crippen LogP contribution in [0.3, 0.4) is 0 Å². The molecule has 0 bridgehead atoms. The highest BCUT2D eigenvalue weighted by Gasteiger charge is 2.15. The lowest BCUT2D eigenvalue weighted by molar-refractivity contribution is 0.594. The lowest BCUT2D eigenvalue weighted by atomic mass is 10.2. The molecule has 0 aliphatic carbocycles. The van der Waals surface area contributed by atoms with Gasteiger partial charge in [-0.2, -0.15) is 0 Å². The zero-order valence-corrected chi connectivity index (χ0v) is 9.71. The minimum absolute atomic E-state index is 0.111. The smallest absolute Gasteiger partial charge is 0.193 e. The summed E-state index contributed by atoms with van der Waals surface area (Å²) in [6.07, 6.45) is 3.79. The molecule has 5 nitrogen and oxygen atoms in total. The molecular weight excluding hydrogens is 214 g/mol. The summed E-state index contributed by atoms with van der Waals surface area (Å²) in [4.78, 5) is 8.09. The standard InChI is InChI=1S/C9H15N3O2S/c1-3-8-11-6-7(4-5-10)9(12-8)15(2,13)14/h6H,3-5,10H2,1-2H3. The van der Waals surface area contributed by atoms with Gasteiger partial charge in [-0.3, -0.25) is 0 Å². The van der Waals surface area contributed by atoms with E-state index in [1.165, 1.54) is 0 Å². The van der Waals surface area contributed by atoms with Gasteiger partial charge in [-0.05, 0) is 13.0 Å². The average Bonchev–Trinajstić information content (AvgIpc) is 2.17. The third kappa shape index (κ3) is 2.97. The Labute approximate surface area is 89.7 Å². The minimum atomic E-state index is -3.29. The zero-order chi connectivity index (χ0) is 11.5. The number of rotatable bonds is 4. The van der Waals surface area contributed by atoms with E-state index in [0.29, 0.717) is 30.8 Å². The molecule has 1 aromatic rings. The molecule has 1 heterocycles. The number of sulfone groups is 1. The molecule has 0 radical (unpaired) electrons. The van der Waals surface area contributed by atoms with Crippen molar-refractivity contribution >= 4 is 9.84 Å². The van der Waals surface area contributed by atoms with Gasteiger partial charge in [0.05, 0.1) is 0 Å². The van der Waals surface area contributed by atoms with E-state index < -0.39 is 9.84 Å². The molecule has 84 valence electrons. The fraction of sp³-hybridized carbons (Fsp3) is 0.556. The molecule has 15 heavy (non-hydrogen) atoms. The van der Waals surface area contributed by atoms with Crippen molar-refractivity contribution in [2.75, 3.05) is 12.8 Å². The summed E-state index contributed by atoms with van der Waals surface area (Å²) in [5.41, 5.74) is 5.99. The Hall–Kier alpha value is -1.01. The van der Waals surface area contributed by atoms with Crippen LogP contribution >= 0.6 is 0 Å². The van der Waals surface area contributed by atoms with Crippen LogP contribution in [-0.2, 0) is 22.7 Å². The van der Waals surface area contributed by atoms with Crippen LogP contribution in [-0.4, -0.2) is 31.2 Å². The summed E-state index contributed by atoms with van der Waals surface area (Å²) in [6.45, 7) is 2.27. The highest BCUT2D eigenvalue weighted by Crippen LogP contribution is 2.12. The third-order valence-electron chi connectivity index (χ3n) is 1.96. The van der Waals surface area contributed by atoms with Crippen molar-refractivity contribution in [2.45, 2.75) is 24.8 Å². The topological polar surface area (TPSA) is 85.9 Å². The van der Waals surface area contributed by atoms with E-state index in [0.717, 1.165) is 6.26 Å². The lowest BCUT2D eigenvalue weighted by Gasteiger charge is -2.06. The third-order valence-corrected chi connectivity index (χ3v) is 3.01. The Balaban J connectivity index is 3.29. The van der Waals surface area contributed by atoms with Gasteiger partial charge in [0.25, 0.3) is 0 Å². The molecule has 0 aliphatic rings. The van der Waals surface area contributed by atoms with E-state index in [9.17, 15) is 8.42 Å². The van der Waals surface area contributed by atoms with Crippen LogP contribution in [0.25, 0.3) is 0 Å². The SMILES string of the molecule is CCc1ncc(CCN)c(S(C)(=O)=O)n1. The molecule has 0 amide bonds. The minimum Gasteiger partial charge on any atom is -0.330 e. The summed E-state index contributed by atoms with van der Waals surface area (Å²) >= 11 is 0. The predicted octanol–water partition coefficient (Wildman–Crippen LogP) is -0.0563. The molecular formula is C9H15N3O2S. The molecule has 0 unspecified atom stereocenters. The van der Waals surface area contributed by atoms with Gasteiger partial charge >= 0.3 is 0 Å². The number of nitrogens with two attached hydrogens (primary N) is 1. The van der Waals surface area contributed by atoms with Crippen molar-refractivity contribution in [1.29, 1.82) is 0 Å². The lowest BCUT2D eigenvalue weighted by Crippen LogP contribution is -2.12. The fourth-order valence-electron chi connectivity index (χ4n) is 1.24. The van der Waals surface area contributed by atoms with Gasteiger partial charge in [0.1, 0.15) is 5.82 Å². The van der Waals surface area contributed by atoms with Crippen molar-refractivity contribution in [1.82, 2.24) is 9.97 Å². The molecule has 0 atom stereocenters. The van der Waals surface area contributed by atoms with Crippen molar-refractivity contribution < 1.29 is 8.42 Å². The first-order chi connectivity index (χ1) is 6.99. The van der Waals surface area contributed by atoms with Crippen molar-refractivity contribution in [3.63, 3.8) is 0 Å². The van der Waals surface area contributed by atoms with Gasteiger partial charge in [0, 0.05) is 24.4 Å². The van der Waals surface area contributed by atoms with Gasteiger partial charge in [-0.15, -0.1) is 0 Å². The monoisotopic (exact) mass is 229 g/mol. The first-order valence-electron chi connectivity index (χ1n) is 4.74. The van der Waals surface area contributed by atoms with E-state index in [1.807, 2.05) is 6.92 Å².